The van der Waals surface area contributed by atoms with Gasteiger partial charge in [0.25, 0.3) is 0 Å². The van der Waals surface area contributed by atoms with Gasteiger partial charge in [0.1, 0.15) is 5.82 Å². The van der Waals surface area contributed by atoms with Crippen molar-refractivity contribution in [1.29, 1.82) is 0 Å². The number of hydrogen-bond donors (Lipinski definition) is 1. The van der Waals surface area contributed by atoms with Crippen LogP contribution in [0.5, 0.6) is 0 Å². The van der Waals surface area contributed by atoms with Crippen LogP contribution in [0.1, 0.15) is 19.4 Å². The monoisotopic (exact) mass is 301 g/mol. The lowest BCUT2D eigenvalue weighted by Crippen LogP contribution is -2.44. The fourth-order valence-corrected chi connectivity index (χ4v) is 4.10. The summed E-state index contributed by atoms with van der Waals surface area (Å²) in [5.41, 5.74) is 2.35. The first-order valence-corrected chi connectivity index (χ1v) is 8.66. The van der Waals surface area contributed by atoms with Crippen molar-refractivity contribution in [2.45, 2.75) is 31.7 Å². The summed E-state index contributed by atoms with van der Waals surface area (Å²) >= 11 is 2.08. The summed E-state index contributed by atoms with van der Waals surface area (Å²) in [5, 5.41) is 5.18. The van der Waals surface area contributed by atoms with E-state index in [4.69, 9.17) is 4.98 Å². The van der Waals surface area contributed by atoms with Crippen LogP contribution in [0.25, 0.3) is 10.9 Å². The van der Waals surface area contributed by atoms with Crippen molar-refractivity contribution >= 4 is 28.5 Å². The van der Waals surface area contributed by atoms with Gasteiger partial charge in [0.2, 0.25) is 0 Å². The molecule has 1 saturated heterocycles. The third-order valence-corrected chi connectivity index (χ3v) is 5.77. The van der Waals surface area contributed by atoms with Gasteiger partial charge in [-0.2, -0.15) is 11.8 Å². The van der Waals surface area contributed by atoms with Crippen LogP contribution >= 0.6 is 11.8 Å². The normalized spacial score (nSPS) is 23.4. The second kappa shape index (κ2) is 6.24. The summed E-state index contributed by atoms with van der Waals surface area (Å²) in [6.45, 7) is 6.80. The predicted octanol–water partition coefficient (Wildman–Crippen LogP) is 3.60. The maximum absolute atomic E-state index is 4.76. The molecule has 3 nitrogen and oxygen atoms in total. The molecule has 1 N–H and O–H groups in total. The van der Waals surface area contributed by atoms with E-state index >= 15 is 0 Å². The highest BCUT2D eigenvalue weighted by atomic mass is 32.2. The molecule has 1 fully saturated rings. The first-order chi connectivity index (χ1) is 10.2. The lowest BCUT2D eigenvalue weighted by molar-refractivity contribution is 0.204. The van der Waals surface area contributed by atoms with Crippen LogP contribution in [-0.4, -0.2) is 40.5 Å². The molecule has 1 aliphatic rings. The van der Waals surface area contributed by atoms with Crippen molar-refractivity contribution in [2.24, 2.45) is 0 Å². The quantitative estimate of drug-likeness (QED) is 0.937. The number of thioether (sulfide) groups is 1. The van der Waals surface area contributed by atoms with Crippen molar-refractivity contribution in [1.82, 2.24) is 9.88 Å². The van der Waals surface area contributed by atoms with Gasteiger partial charge in [-0.3, -0.25) is 4.90 Å². The average Bonchev–Trinajstić information content (AvgIpc) is 2.51. The van der Waals surface area contributed by atoms with E-state index in [1.54, 1.807) is 0 Å². The zero-order valence-corrected chi connectivity index (χ0v) is 13.8. The number of benzene rings is 1. The van der Waals surface area contributed by atoms with Crippen LogP contribution in [0.2, 0.25) is 0 Å². The average molecular weight is 301 g/mol. The number of rotatable bonds is 3. The van der Waals surface area contributed by atoms with E-state index in [-0.39, 0.29) is 0 Å². The summed E-state index contributed by atoms with van der Waals surface area (Å²) in [4.78, 5) is 7.34. The molecule has 0 amide bonds. The minimum Gasteiger partial charge on any atom is -0.373 e. The van der Waals surface area contributed by atoms with Gasteiger partial charge in [0, 0.05) is 48.1 Å². The second-order valence-corrected chi connectivity index (χ2v) is 7.21. The van der Waals surface area contributed by atoms with E-state index in [0.29, 0.717) is 11.3 Å². The number of anilines is 1. The van der Waals surface area contributed by atoms with Crippen LogP contribution in [-0.2, 0) is 6.54 Å². The van der Waals surface area contributed by atoms with Crippen molar-refractivity contribution in [3.8, 4) is 0 Å². The van der Waals surface area contributed by atoms with Gasteiger partial charge >= 0.3 is 0 Å². The summed E-state index contributed by atoms with van der Waals surface area (Å²) in [5.74, 6) is 2.23. The highest BCUT2D eigenvalue weighted by Crippen LogP contribution is 2.28. The smallest absolute Gasteiger partial charge is 0.130 e. The van der Waals surface area contributed by atoms with Gasteiger partial charge in [-0.15, -0.1) is 0 Å². The number of aromatic nitrogens is 1. The van der Waals surface area contributed by atoms with Crippen LogP contribution in [0.15, 0.2) is 30.3 Å². The molecule has 112 valence electrons. The Kier molecular flexibility index (Phi) is 4.36. The first kappa shape index (κ1) is 14.7. The van der Waals surface area contributed by atoms with E-state index < -0.39 is 0 Å². The van der Waals surface area contributed by atoms with Crippen molar-refractivity contribution in [3.63, 3.8) is 0 Å². The van der Waals surface area contributed by atoms with Crippen LogP contribution in [0.4, 0.5) is 5.82 Å². The van der Waals surface area contributed by atoms with Crippen LogP contribution < -0.4 is 5.32 Å². The van der Waals surface area contributed by atoms with E-state index in [9.17, 15) is 0 Å². The lowest BCUT2D eigenvalue weighted by atomic mass is 10.1. The Morgan fingerprint density at radius 1 is 1.33 bits per heavy atom. The van der Waals surface area contributed by atoms with E-state index in [1.807, 2.05) is 13.1 Å². The molecule has 2 unspecified atom stereocenters. The van der Waals surface area contributed by atoms with Crippen LogP contribution in [0.3, 0.4) is 0 Å². The Balaban J connectivity index is 1.91. The SMILES string of the molecule is CNc1nc2ccccc2cc1CN1CCSC(C)C1C. The summed E-state index contributed by atoms with van der Waals surface area (Å²) < 4.78 is 0. The number of fused-ring (bicyclic) bond motifs is 1. The molecule has 0 saturated carbocycles. The van der Waals surface area contributed by atoms with Crippen molar-refractivity contribution < 1.29 is 0 Å². The van der Waals surface area contributed by atoms with Gasteiger partial charge in [0.05, 0.1) is 5.52 Å². The molecule has 0 aliphatic carbocycles. The number of hydrogen-bond acceptors (Lipinski definition) is 4. The van der Waals surface area contributed by atoms with Gasteiger partial charge in [-0.1, -0.05) is 25.1 Å². The van der Waals surface area contributed by atoms with Crippen molar-refractivity contribution in [2.75, 3.05) is 24.7 Å². The zero-order chi connectivity index (χ0) is 14.8. The molecule has 1 aromatic carbocycles. The second-order valence-electron chi connectivity index (χ2n) is 5.73. The van der Waals surface area contributed by atoms with Gasteiger partial charge in [-0.05, 0) is 19.1 Å². The molecular formula is C17H23N3S. The molecule has 0 spiro atoms. The minimum atomic E-state index is 0.611. The van der Waals surface area contributed by atoms with E-state index in [0.717, 1.165) is 24.4 Å². The lowest BCUT2D eigenvalue weighted by Gasteiger charge is -2.37. The third kappa shape index (κ3) is 3.01. The van der Waals surface area contributed by atoms with Crippen molar-refractivity contribution in [3.05, 3.63) is 35.9 Å². The topological polar surface area (TPSA) is 28.2 Å². The zero-order valence-electron chi connectivity index (χ0n) is 13.0. The summed E-state index contributed by atoms with van der Waals surface area (Å²) in [7, 11) is 1.96. The number of nitrogens with one attached hydrogen (secondary N) is 1. The molecule has 0 radical (unpaired) electrons. The minimum absolute atomic E-state index is 0.611. The molecule has 4 heteroatoms. The van der Waals surface area contributed by atoms with Crippen LogP contribution in [0, 0.1) is 0 Å². The summed E-state index contributed by atoms with van der Waals surface area (Å²) in [6.07, 6.45) is 0. The highest BCUT2D eigenvalue weighted by Gasteiger charge is 2.25. The molecule has 21 heavy (non-hydrogen) atoms. The maximum atomic E-state index is 4.76. The molecule has 1 aliphatic heterocycles. The van der Waals surface area contributed by atoms with Gasteiger partial charge in [0.15, 0.2) is 0 Å². The largest absolute Gasteiger partial charge is 0.373 e. The standard InChI is InChI=1S/C17H23N3S/c1-12-13(2)21-9-8-20(12)11-15-10-14-6-4-5-7-16(14)19-17(15)18-3/h4-7,10,12-13H,8-9,11H2,1-3H3,(H,18,19). The fourth-order valence-electron chi connectivity index (χ4n) is 2.93. The molecule has 2 heterocycles. The first-order valence-electron chi connectivity index (χ1n) is 7.61. The Morgan fingerprint density at radius 3 is 2.95 bits per heavy atom. The molecule has 2 aromatic rings. The molecule has 0 bridgehead atoms. The van der Waals surface area contributed by atoms with Gasteiger partial charge in [-0.25, -0.2) is 4.98 Å². The predicted molar refractivity (Wildman–Crippen MR) is 93.1 cm³/mol. The third-order valence-electron chi connectivity index (χ3n) is 4.43. The van der Waals surface area contributed by atoms with E-state index in [2.05, 4.69) is 60.1 Å². The molecular weight excluding hydrogens is 278 g/mol. The highest BCUT2D eigenvalue weighted by molar-refractivity contribution is 8.00. The number of para-hydroxylation sites is 1. The molecule has 1 aromatic heterocycles. The summed E-state index contributed by atoms with van der Waals surface area (Å²) in [6, 6.07) is 11.2. The Bertz CT molecular complexity index is 628. The van der Waals surface area contributed by atoms with E-state index in [1.165, 1.54) is 16.7 Å². The Hall–Kier alpha value is -1.26. The Labute approximate surface area is 131 Å². The fraction of sp³-hybridized carbons (Fsp3) is 0.471. The molecule has 3 rings (SSSR count). The Morgan fingerprint density at radius 2 is 2.14 bits per heavy atom. The molecule has 2 atom stereocenters. The number of nitrogens with zero attached hydrogens (tertiary/aromatic N) is 2. The maximum Gasteiger partial charge on any atom is 0.130 e. The van der Waals surface area contributed by atoms with Gasteiger partial charge < -0.3 is 5.32 Å². The number of pyridine rings is 1.